The standard InChI is InChI=1S/C22H35N3O2/c1-23-15-11-20(12-16-23)24(2)22(26)10-9-19-6-3-13-25(18-19)14-4-7-21-8-5-17-27-21/h4-5,7-8,17,19-20H,3,6,9-16,18H2,1-2H3. The van der Waals surface area contributed by atoms with Gasteiger partial charge in [0.1, 0.15) is 5.76 Å². The minimum Gasteiger partial charge on any atom is -0.465 e. The van der Waals surface area contributed by atoms with Crippen molar-refractivity contribution in [1.82, 2.24) is 14.7 Å². The van der Waals surface area contributed by atoms with E-state index in [0.717, 1.165) is 57.7 Å². The van der Waals surface area contributed by atoms with Crippen LogP contribution in [0.25, 0.3) is 6.08 Å². The molecule has 0 aromatic carbocycles. The molecule has 1 amide bonds. The van der Waals surface area contributed by atoms with Gasteiger partial charge in [0.15, 0.2) is 0 Å². The van der Waals surface area contributed by atoms with Crippen LogP contribution < -0.4 is 0 Å². The first kappa shape index (κ1) is 20.2. The maximum Gasteiger partial charge on any atom is 0.222 e. The predicted molar refractivity (Wildman–Crippen MR) is 109 cm³/mol. The fourth-order valence-electron chi connectivity index (χ4n) is 4.35. The van der Waals surface area contributed by atoms with Gasteiger partial charge >= 0.3 is 0 Å². The highest BCUT2D eigenvalue weighted by atomic mass is 16.3. The first-order valence-corrected chi connectivity index (χ1v) is 10.5. The Morgan fingerprint density at radius 1 is 1.30 bits per heavy atom. The van der Waals surface area contributed by atoms with Crippen molar-refractivity contribution >= 4 is 12.0 Å². The van der Waals surface area contributed by atoms with E-state index in [1.54, 1.807) is 6.26 Å². The summed E-state index contributed by atoms with van der Waals surface area (Å²) in [7, 11) is 4.17. The number of amides is 1. The Labute approximate surface area is 164 Å². The number of carbonyl (C=O) groups excluding carboxylic acids is 1. The molecular formula is C22H35N3O2. The fraction of sp³-hybridized carbons (Fsp3) is 0.682. The maximum atomic E-state index is 12.6. The second-order valence-corrected chi connectivity index (χ2v) is 8.26. The lowest BCUT2D eigenvalue weighted by molar-refractivity contribution is -0.133. The Bertz CT molecular complexity index is 591. The number of piperidine rings is 2. The number of likely N-dealkylation sites (tertiary alicyclic amines) is 2. The number of rotatable bonds is 7. The molecule has 3 heterocycles. The Hall–Kier alpha value is -1.59. The van der Waals surface area contributed by atoms with Crippen LogP contribution in [-0.4, -0.2) is 73.5 Å². The molecule has 1 unspecified atom stereocenters. The number of furan rings is 1. The van der Waals surface area contributed by atoms with Crippen molar-refractivity contribution in [2.45, 2.75) is 44.6 Å². The summed E-state index contributed by atoms with van der Waals surface area (Å²) in [6.45, 7) is 5.42. The summed E-state index contributed by atoms with van der Waals surface area (Å²) in [5, 5.41) is 0. The molecule has 1 aromatic heterocycles. The molecule has 2 aliphatic rings. The molecule has 1 aromatic rings. The van der Waals surface area contributed by atoms with Gasteiger partial charge < -0.3 is 14.2 Å². The molecule has 0 bridgehead atoms. The van der Waals surface area contributed by atoms with Crippen LogP contribution in [0.2, 0.25) is 0 Å². The van der Waals surface area contributed by atoms with Gasteiger partial charge in [0.05, 0.1) is 6.26 Å². The minimum absolute atomic E-state index is 0.333. The van der Waals surface area contributed by atoms with Crippen molar-refractivity contribution in [1.29, 1.82) is 0 Å². The van der Waals surface area contributed by atoms with Crippen LogP contribution in [-0.2, 0) is 4.79 Å². The zero-order chi connectivity index (χ0) is 19.1. The number of nitrogens with zero attached hydrogens (tertiary/aromatic N) is 3. The molecule has 0 saturated carbocycles. The van der Waals surface area contributed by atoms with E-state index in [2.05, 4.69) is 22.9 Å². The van der Waals surface area contributed by atoms with Crippen molar-refractivity contribution < 1.29 is 9.21 Å². The summed E-state index contributed by atoms with van der Waals surface area (Å²) < 4.78 is 5.34. The molecule has 0 aliphatic carbocycles. The normalized spacial score (nSPS) is 23.1. The van der Waals surface area contributed by atoms with E-state index >= 15 is 0 Å². The maximum absolute atomic E-state index is 12.6. The highest BCUT2D eigenvalue weighted by Gasteiger charge is 2.25. The molecule has 150 valence electrons. The third-order valence-corrected chi connectivity index (χ3v) is 6.19. The van der Waals surface area contributed by atoms with Crippen LogP contribution >= 0.6 is 0 Å². The van der Waals surface area contributed by atoms with E-state index < -0.39 is 0 Å². The molecule has 2 aliphatic heterocycles. The average Bonchev–Trinajstić information content (AvgIpc) is 3.20. The topological polar surface area (TPSA) is 39.9 Å². The van der Waals surface area contributed by atoms with Gasteiger partial charge in [-0.1, -0.05) is 6.08 Å². The number of hydrogen-bond donors (Lipinski definition) is 0. The molecule has 2 saturated heterocycles. The molecule has 0 radical (unpaired) electrons. The molecule has 5 nitrogen and oxygen atoms in total. The van der Waals surface area contributed by atoms with E-state index in [9.17, 15) is 4.79 Å². The second kappa shape index (κ2) is 10.1. The zero-order valence-electron chi connectivity index (χ0n) is 17.0. The third kappa shape index (κ3) is 6.22. The number of hydrogen-bond acceptors (Lipinski definition) is 4. The van der Waals surface area contributed by atoms with Crippen molar-refractivity contribution in [3.05, 3.63) is 30.2 Å². The van der Waals surface area contributed by atoms with Gasteiger partial charge in [0, 0.05) is 32.6 Å². The molecule has 27 heavy (non-hydrogen) atoms. The summed E-state index contributed by atoms with van der Waals surface area (Å²) in [6, 6.07) is 4.32. The third-order valence-electron chi connectivity index (χ3n) is 6.19. The minimum atomic E-state index is 0.333. The highest BCUT2D eigenvalue weighted by Crippen LogP contribution is 2.22. The Balaban J connectivity index is 1.37. The van der Waals surface area contributed by atoms with E-state index in [-0.39, 0.29) is 0 Å². The smallest absolute Gasteiger partial charge is 0.222 e. The average molecular weight is 374 g/mol. The van der Waals surface area contributed by atoms with Gasteiger partial charge in [0.25, 0.3) is 0 Å². The van der Waals surface area contributed by atoms with Crippen LogP contribution in [0.15, 0.2) is 28.9 Å². The van der Waals surface area contributed by atoms with E-state index in [1.165, 1.54) is 12.8 Å². The number of carbonyl (C=O) groups is 1. The summed E-state index contributed by atoms with van der Waals surface area (Å²) in [5.74, 6) is 1.89. The van der Waals surface area contributed by atoms with E-state index in [0.29, 0.717) is 24.3 Å². The Kier molecular flexibility index (Phi) is 7.53. The zero-order valence-corrected chi connectivity index (χ0v) is 17.0. The van der Waals surface area contributed by atoms with Crippen molar-refractivity contribution in [2.75, 3.05) is 46.8 Å². The van der Waals surface area contributed by atoms with Crippen LogP contribution in [0, 0.1) is 5.92 Å². The SMILES string of the molecule is CN1CCC(N(C)C(=O)CCC2CCCN(CC=Cc3ccco3)C2)CC1. The van der Waals surface area contributed by atoms with Crippen molar-refractivity contribution in [3.63, 3.8) is 0 Å². The molecule has 5 heteroatoms. The van der Waals surface area contributed by atoms with Crippen LogP contribution in [0.4, 0.5) is 0 Å². The van der Waals surface area contributed by atoms with Gasteiger partial charge in [-0.05, 0) is 82.9 Å². The van der Waals surface area contributed by atoms with E-state index in [4.69, 9.17) is 4.42 Å². The molecule has 0 spiro atoms. The van der Waals surface area contributed by atoms with Gasteiger partial charge in [-0.25, -0.2) is 0 Å². The van der Waals surface area contributed by atoms with Gasteiger partial charge in [-0.3, -0.25) is 9.69 Å². The quantitative estimate of drug-likeness (QED) is 0.735. The summed E-state index contributed by atoms with van der Waals surface area (Å²) >= 11 is 0. The lowest BCUT2D eigenvalue weighted by atomic mass is 9.93. The summed E-state index contributed by atoms with van der Waals surface area (Å²) in [4.78, 5) is 19.5. The van der Waals surface area contributed by atoms with Crippen LogP contribution in [0.5, 0.6) is 0 Å². The molecule has 3 rings (SSSR count). The summed E-state index contributed by atoms with van der Waals surface area (Å²) in [5.41, 5.74) is 0. The molecule has 0 N–H and O–H groups in total. The predicted octanol–water partition coefficient (Wildman–Crippen LogP) is 3.34. The molecule has 2 fully saturated rings. The van der Waals surface area contributed by atoms with E-state index in [1.807, 2.05) is 30.2 Å². The fourth-order valence-corrected chi connectivity index (χ4v) is 4.35. The van der Waals surface area contributed by atoms with Gasteiger partial charge in [-0.15, -0.1) is 0 Å². The summed E-state index contributed by atoms with van der Waals surface area (Å²) in [6.07, 6.45) is 12.4. The molecule has 1 atom stereocenters. The lowest BCUT2D eigenvalue weighted by Crippen LogP contribution is -2.44. The van der Waals surface area contributed by atoms with Crippen LogP contribution in [0.3, 0.4) is 0 Å². The van der Waals surface area contributed by atoms with Crippen LogP contribution in [0.1, 0.15) is 44.3 Å². The Morgan fingerprint density at radius 3 is 2.85 bits per heavy atom. The van der Waals surface area contributed by atoms with Crippen molar-refractivity contribution in [2.24, 2.45) is 5.92 Å². The van der Waals surface area contributed by atoms with Gasteiger partial charge in [0.2, 0.25) is 5.91 Å². The van der Waals surface area contributed by atoms with Gasteiger partial charge in [-0.2, -0.15) is 0 Å². The lowest BCUT2D eigenvalue weighted by Gasteiger charge is -2.36. The monoisotopic (exact) mass is 373 g/mol. The Morgan fingerprint density at radius 2 is 2.11 bits per heavy atom. The first-order valence-electron chi connectivity index (χ1n) is 10.5. The second-order valence-electron chi connectivity index (χ2n) is 8.26. The first-order chi connectivity index (χ1) is 13.1. The largest absolute Gasteiger partial charge is 0.465 e. The molecular weight excluding hydrogens is 338 g/mol. The highest BCUT2D eigenvalue weighted by molar-refractivity contribution is 5.76. The van der Waals surface area contributed by atoms with Crippen molar-refractivity contribution in [3.8, 4) is 0 Å².